The molecule has 0 radical (unpaired) electrons. The fourth-order valence-electron chi connectivity index (χ4n) is 3.55. The highest BCUT2D eigenvalue weighted by Gasteiger charge is 2.54. The molecule has 1 unspecified atom stereocenters. The van der Waals surface area contributed by atoms with Gasteiger partial charge in [0.1, 0.15) is 0 Å². The molecule has 0 aromatic heterocycles. The molecule has 1 heterocycles. The molecule has 0 saturated carbocycles. The lowest BCUT2D eigenvalue weighted by Crippen LogP contribution is -2.09. The van der Waals surface area contributed by atoms with Crippen molar-refractivity contribution in [2.75, 3.05) is 0 Å². The van der Waals surface area contributed by atoms with Crippen molar-refractivity contribution in [2.45, 2.75) is 32.0 Å². The molecule has 2 aliphatic rings. The van der Waals surface area contributed by atoms with Crippen LogP contribution >= 0.6 is 0 Å². The van der Waals surface area contributed by atoms with Crippen LogP contribution in [0.1, 0.15) is 37.1 Å². The first-order chi connectivity index (χ1) is 8.79. The Balaban J connectivity index is 1.97. The molecule has 1 aliphatic heterocycles. The summed E-state index contributed by atoms with van der Waals surface area (Å²) in [5.74, 6) is 0. The van der Waals surface area contributed by atoms with Gasteiger partial charge in [-0.2, -0.15) is 0 Å². The SMILES string of the molecule is CC(C)N1[C@@H]2c3ccccc3-c3ccccc3[C@@H]21. The summed E-state index contributed by atoms with van der Waals surface area (Å²) in [5.41, 5.74) is 5.87. The molecule has 2 aromatic rings. The van der Waals surface area contributed by atoms with E-state index >= 15 is 0 Å². The van der Waals surface area contributed by atoms with Crippen LogP contribution in [-0.2, 0) is 0 Å². The lowest BCUT2D eigenvalue weighted by molar-refractivity contribution is 0.402. The molecule has 4 rings (SSSR count). The van der Waals surface area contributed by atoms with Crippen LogP contribution in [0.15, 0.2) is 48.5 Å². The summed E-state index contributed by atoms with van der Waals surface area (Å²) in [7, 11) is 0. The first-order valence-electron chi connectivity index (χ1n) is 6.74. The number of rotatable bonds is 1. The third-order valence-corrected chi connectivity index (χ3v) is 4.30. The Morgan fingerprint density at radius 1 is 0.778 bits per heavy atom. The smallest absolute Gasteiger partial charge is 0.0561 e. The van der Waals surface area contributed by atoms with Crippen molar-refractivity contribution in [3.8, 4) is 11.1 Å². The van der Waals surface area contributed by atoms with Gasteiger partial charge in [0, 0.05) is 6.04 Å². The van der Waals surface area contributed by atoms with Crippen LogP contribution in [0.5, 0.6) is 0 Å². The molecule has 0 spiro atoms. The Kier molecular flexibility index (Phi) is 1.98. The second-order valence-corrected chi connectivity index (χ2v) is 5.61. The van der Waals surface area contributed by atoms with Gasteiger partial charge in [0.2, 0.25) is 0 Å². The number of nitrogens with zero attached hydrogens (tertiary/aromatic N) is 1. The van der Waals surface area contributed by atoms with E-state index in [0.717, 1.165) is 0 Å². The van der Waals surface area contributed by atoms with Crippen molar-refractivity contribution < 1.29 is 0 Å². The van der Waals surface area contributed by atoms with Crippen LogP contribution < -0.4 is 0 Å². The fourth-order valence-corrected chi connectivity index (χ4v) is 3.55. The van der Waals surface area contributed by atoms with Crippen molar-refractivity contribution in [2.24, 2.45) is 0 Å². The van der Waals surface area contributed by atoms with E-state index in [-0.39, 0.29) is 0 Å². The zero-order valence-electron chi connectivity index (χ0n) is 10.8. The molecule has 3 atom stereocenters. The van der Waals surface area contributed by atoms with Gasteiger partial charge in [0.05, 0.1) is 12.1 Å². The topological polar surface area (TPSA) is 3.01 Å². The molecule has 1 fully saturated rings. The number of benzene rings is 2. The van der Waals surface area contributed by atoms with Crippen molar-refractivity contribution in [3.05, 3.63) is 59.7 Å². The van der Waals surface area contributed by atoms with Gasteiger partial charge >= 0.3 is 0 Å². The summed E-state index contributed by atoms with van der Waals surface area (Å²) in [6.45, 7) is 4.59. The third kappa shape index (κ3) is 1.20. The standard InChI is InChI=1S/C17H17N/c1-11(2)18-16-14-9-5-3-7-12(14)13-8-4-6-10-15(13)17(16)18/h3-11,16-17H,1-2H3/t16-,17+,18?. The quantitative estimate of drug-likeness (QED) is 0.670. The molecule has 0 amide bonds. The van der Waals surface area contributed by atoms with Gasteiger partial charge in [-0.1, -0.05) is 48.5 Å². The second-order valence-electron chi connectivity index (χ2n) is 5.61. The maximum atomic E-state index is 2.62. The van der Waals surface area contributed by atoms with E-state index in [1.54, 1.807) is 0 Å². The van der Waals surface area contributed by atoms with Crippen molar-refractivity contribution in [1.82, 2.24) is 4.90 Å². The van der Waals surface area contributed by atoms with Crippen molar-refractivity contribution >= 4 is 0 Å². The van der Waals surface area contributed by atoms with Crippen molar-refractivity contribution in [3.63, 3.8) is 0 Å². The summed E-state index contributed by atoms with van der Waals surface area (Å²) in [4.78, 5) is 2.62. The van der Waals surface area contributed by atoms with Crippen LogP contribution in [0.25, 0.3) is 11.1 Å². The highest BCUT2D eigenvalue weighted by Crippen LogP contribution is 2.62. The lowest BCUT2D eigenvalue weighted by Gasteiger charge is -2.16. The Bertz CT molecular complexity index is 563. The van der Waals surface area contributed by atoms with E-state index in [9.17, 15) is 0 Å². The first-order valence-corrected chi connectivity index (χ1v) is 6.74. The van der Waals surface area contributed by atoms with Crippen LogP contribution in [0.2, 0.25) is 0 Å². The van der Waals surface area contributed by atoms with Gasteiger partial charge in [-0.3, -0.25) is 4.90 Å². The number of hydrogen-bond donors (Lipinski definition) is 0. The molecule has 1 aliphatic carbocycles. The molecule has 0 N–H and O–H groups in total. The Labute approximate surface area is 108 Å². The summed E-state index contributed by atoms with van der Waals surface area (Å²) in [6, 6.07) is 19.6. The normalized spacial score (nSPS) is 27.4. The van der Waals surface area contributed by atoms with Crippen LogP contribution in [-0.4, -0.2) is 10.9 Å². The lowest BCUT2D eigenvalue weighted by atomic mass is 9.86. The van der Waals surface area contributed by atoms with E-state index in [4.69, 9.17) is 0 Å². The molecule has 2 aromatic carbocycles. The molecular formula is C17H17N. The van der Waals surface area contributed by atoms with Crippen LogP contribution in [0.3, 0.4) is 0 Å². The summed E-state index contributed by atoms with van der Waals surface area (Å²) >= 11 is 0. The van der Waals surface area contributed by atoms with E-state index in [1.165, 1.54) is 22.3 Å². The molecule has 1 heteroatoms. The maximum absolute atomic E-state index is 2.62. The highest BCUT2D eigenvalue weighted by atomic mass is 15.4. The van der Waals surface area contributed by atoms with E-state index in [1.807, 2.05) is 0 Å². The van der Waals surface area contributed by atoms with E-state index in [0.29, 0.717) is 18.1 Å². The zero-order valence-corrected chi connectivity index (χ0v) is 10.8. The Morgan fingerprint density at radius 2 is 1.22 bits per heavy atom. The molecule has 90 valence electrons. The monoisotopic (exact) mass is 235 g/mol. The fraction of sp³-hybridized carbons (Fsp3) is 0.294. The summed E-state index contributed by atoms with van der Waals surface area (Å²) in [5, 5.41) is 0. The predicted octanol–water partition coefficient (Wildman–Crippen LogP) is 4.17. The van der Waals surface area contributed by atoms with Gasteiger partial charge in [-0.25, -0.2) is 0 Å². The van der Waals surface area contributed by atoms with Gasteiger partial charge < -0.3 is 0 Å². The Morgan fingerprint density at radius 3 is 1.67 bits per heavy atom. The number of fused-ring (bicyclic) bond motifs is 6. The minimum atomic E-state index is 0.607. The minimum absolute atomic E-state index is 0.607. The predicted molar refractivity (Wildman–Crippen MR) is 74.3 cm³/mol. The highest BCUT2D eigenvalue weighted by molar-refractivity contribution is 5.76. The summed E-state index contributed by atoms with van der Waals surface area (Å²) < 4.78 is 0. The molecular weight excluding hydrogens is 218 g/mol. The first kappa shape index (κ1) is 10.3. The van der Waals surface area contributed by atoms with Gasteiger partial charge in [0.25, 0.3) is 0 Å². The maximum Gasteiger partial charge on any atom is 0.0561 e. The van der Waals surface area contributed by atoms with Gasteiger partial charge in [-0.05, 0) is 36.1 Å². The second kappa shape index (κ2) is 3.46. The molecule has 18 heavy (non-hydrogen) atoms. The van der Waals surface area contributed by atoms with Crippen molar-refractivity contribution in [1.29, 1.82) is 0 Å². The number of hydrogen-bond acceptors (Lipinski definition) is 1. The summed E-state index contributed by atoms with van der Waals surface area (Å²) in [6.07, 6.45) is 0. The largest absolute Gasteiger partial charge is 0.283 e. The van der Waals surface area contributed by atoms with Gasteiger partial charge in [-0.15, -0.1) is 0 Å². The molecule has 0 bridgehead atoms. The third-order valence-electron chi connectivity index (χ3n) is 4.30. The molecule has 1 nitrogen and oxygen atoms in total. The van der Waals surface area contributed by atoms with E-state index < -0.39 is 0 Å². The Hall–Kier alpha value is -1.60. The van der Waals surface area contributed by atoms with Crippen LogP contribution in [0.4, 0.5) is 0 Å². The minimum Gasteiger partial charge on any atom is -0.283 e. The van der Waals surface area contributed by atoms with E-state index in [2.05, 4.69) is 67.3 Å². The molecule has 1 saturated heterocycles. The van der Waals surface area contributed by atoms with Gasteiger partial charge in [0.15, 0.2) is 0 Å². The average Bonchev–Trinajstić information content (AvgIpc) is 3.15. The van der Waals surface area contributed by atoms with Crippen LogP contribution in [0, 0.1) is 0 Å². The average molecular weight is 235 g/mol. The zero-order chi connectivity index (χ0) is 12.3.